The molecule has 18 heavy (non-hydrogen) atoms. The number of hydrogen-bond donors (Lipinski definition) is 0. The van der Waals surface area contributed by atoms with Crippen molar-refractivity contribution in [2.75, 3.05) is 0 Å². The molecule has 0 aromatic heterocycles. The van der Waals surface area contributed by atoms with Crippen molar-refractivity contribution in [3.63, 3.8) is 0 Å². The molecule has 2 nitrogen and oxygen atoms in total. The lowest BCUT2D eigenvalue weighted by atomic mass is 10.2. The molecular weight excluding hydrogens is 244 g/mol. The minimum Gasteiger partial charge on any atom is -0.219 e. The normalized spacial score (nSPS) is 15.9. The largest absolute Gasteiger partial charge is 0.219 e. The van der Waals surface area contributed by atoms with Crippen molar-refractivity contribution in [1.82, 2.24) is 0 Å². The summed E-state index contributed by atoms with van der Waals surface area (Å²) in [4.78, 5) is 0.806. The summed E-state index contributed by atoms with van der Waals surface area (Å²) >= 11 is 0. The molecule has 0 heterocycles. The van der Waals surface area contributed by atoms with E-state index >= 15 is 0 Å². The molecule has 0 unspecified atom stereocenters. The Kier molecular flexibility index (Phi) is 3.53. The summed E-state index contributed by atoms with van der Waals surface area (Å²) in [7, 11) is -3.36. The highest BCUT2D eigenvalue weighted by molar-refractivity contribution is 7.95. The standard InChI is InChI=1S/C15H16O2S/c1-12-4-3-5-14(9-6-12)18(16,17)15-10-7-13(2)8-11-15/h3-4,6-11H,5H2,1-2H3. The molecule has 0 spiro atoms. The fraction of sp³-hybridized carbons (Fsp3) is 0.200. The Morgan fingerprint density at radius 1 is 1.00 bits per heavy atom. The van der Waals surface area contributed by atoms with Gasteiger partial charge in [0.25, 0.3) is 0 Å². The van der Waals surface area contributed by atoms with Crippen LogP contribution >= 0.6 is 0 Å². The van der Waals surface area contributed by atoms with Gasteiger partial charge >= 0.3 is 0 Å². The molecule has 0 saturated heterocycles. The molecule has 1 aromatic carbocycles. The molecule has 0 radical (unpaired) electrons. The van der Waals surface area contributed by atoms with Crippen LogP contribution in [0.5, 0.6) is 0 Å². The third-order valence-corrected chi connectivity index (χ3v) is 4.79. The summed E-state index contributed by atoms with van der Waals surface area (Å²) in [6.45, 7) is 3.89. The lowest BCUT2D eigenvalue weighted by Gasteiger charge is -2.06. The van der Waals surface area contributed by atoms with Gasteiger partial charge in [-0.3, -0.25) is 0 Å². The number of sulfone groups is 1. The zero-order chi connectivity index (χ0) is 13.2. The van der Waals surface area contributed by atoms with E-state index in [-0.39, 0.29) is 0 Å². The van der Waals surface area contributed by atoms with Crippen LogP contribution in [0.1, 0.15) is 18.9 Å². The topological polar surface area (TPSA) is 34.1 Å². The maximum absolute atomic E-state index is 12.4. The second-order valence-electron chi connectivity index (χ2n) is 4.47. The fourth-order valence-corrected chi connectivity index (χ4v) is 3.14. The highest BCUT2D eigenvalue weighted by atomic mass is 32.2. The Bertz CT molecular complexity index is 630. The second-order valence-corrected chi connectivity index (χ2v) is 6.47. The Balaban J connectivity index is 2.44. The van der Waals surface area contributed by atoms with Crippen LogP contribution < -0.4 is 0 Å². The molecule has 94 valence electrons. The van der Waals surface area contributed by atoms with E-state index in [4.69, 9.17) is 0 Å². The smallest absolute Gasteiger partial charge is 0.203 e. The Hall–Kier alpha value is -1.61. The number of hydrogen-bond acceptors (Lipinski definition) is 2. The minimum absolute atomic E-state index is 0.362. The van der Waals surface area contributed by atoms with Gasteiger partial charge in [-0.05, 0) is 32.1 Å². The zero-order valence-electron chi connectivity index (χ0n) is 10.6. The van der Waals surface area contributed by atoms with Crippen LogP contribution in [-0.4, -0.2) is 8.42 Å². The monoisotopic (exact) mass is 260 g/mol. The van der Waals surface area contributed by atoms with E-state index in [0.29, 0.717) is 16.2 Å². The van der Waals surface area contributed by atoms with Gasteiger partial charge in [0.2, 0.25) is 9.84 Å². The number of aryl methyl sites for hydroxylation is 1. The summed E-state index contributed by atoms with van der Waals surface area (Å²) in [5.74, 6) is 0. The Labute approximate surface area is 108 Å². The highest BCUT2D eigenvalue weighted by Crippen LogP contribution is 2.24. The molecule has 0 amide bonds. The molecule has 0 fully saturated rings. The van der Waals surface area contributed by atoms with Crippen LogP contribution in [0.25, 0.3) is 0 Å². The van der Waals surface area contributed by atoms with Gasteiger partial charge in [0, 0.05) is 6.42 Å². The third kappa shape index (κ3) is 2.62. The van der Waals surface area contributed by atoms with Gasteiger partial charge in [-0.1, -0.05) is 41.5 Å². The molecule has 2 rings (SSSR count). The first-order valence-corrected chi connectivity index (χ1v) is 7.34. The number of benzene rings is 1. The van der Waals surface area contributed by atoms with Gasteiger partial charge in [-0.2, -0.15) is 0 Å². The Morgan fingerprint density at radius 2 is 1.67 bits per heavy atom. The molecule has 0 atom stereocenters. The first kappa shape index (κ1) is 12.8. The summed E-state index contributed by atoms with van der Waals surface area (Å²) in [5.41, 5.74) is 2.11. The first-order chi connectivity index (χ1) is 8.50. The zero-order valence-corrected chi connectivity index (χ0v) is 11.4. The van der Waals surface area contributed by atoms with Gasteiger partial charge < -0.3 is 0 Å². The quantitative estimate of drug-likeness (QED) is 0.814. The van der Waals surface area contributed by atoms with Gasteiger partial charge in [0.05, 0.1) is 9.80 Å². The third-order valence-electron chi connectivity index (χ3n) is 2.91. The van der Waals surface area contributed by atoms with Crippen molar-refractivity contribution in [3.8, 4) is 0 Å². The van der Waals surface area contributed by atoms with Crippen LogP contribution in [0.4, 0.5) is 0 Å². The molecule has 1 aliphatic rings. The lowest BCUT2D eigenvalue weighted by Crippen LogP contribution is -2.04. The molecule has 0 bridgehead atoms. The van der Waals surface area contributed by atoms with Crippen molar-refractivity contribution in [2.45, 2.75) is 25.2 Å². The number of rotatable bonds is 2. The van der Waals surface area contributed by atoms with Gasteiger partial charge in [0.1, 0.15) is 0 Å². The van der Waals surface area contributed by atoms with Crippen LogP contribution in [0.3, 0.4) is 0 Å². The average molecular weight is 260 g/mol. The van der Waals surface area contributed by atoms with E-state index in [0.717, 1.165) is 11.1 Å². The van der Waals surface area contributed by atoms with Crippen molar-refractivity contribution >= 4 is 9.84 Å². The Morgan fingerprint density at radius 3 is 2.33 bits per heavy atom. The van der Waals surface area contributed by atoms with Crippen molar-refractivity contribution in [1.29, 1.82) is 0 Å². The van der Waals surface area contributed by atoms with Crippen LogP contribution in [0.15, 0.2) is 63.9 Å². The van der Waals surface area contributed by atoms with Crippen LogP contribution in [0, 0.1) is 6.92 Å². The minimum atomic E-state index is -3.36. The van der Waals surface area contributed by atoms with E-state index in [1.165, 1.54) is 0 Å². The summed E-state index contributed by atoms with van der Waals surface area (Å²) in [6, 6.07) is 6.97. The van der Waals surface area contributed by atoms with Gasteiger partial charge in [0.15, 0.2) is 0 Å². The van der Waals surface area contributed by atoms with E-state index in [2.05, 4.69) is 0 Å². The van der Waals surface area contributed by atoms with Crippen molar-refractivity contribution in [2.24, 2.45) is 0 Å². The predicted molar refractivity (Wildman–Crippen MR) is 74.0 cm³/mol. The molecule has 0 saturated carbocycles. The first-order valence-electron chi connectivity index (χ1n) is 5.86. The van der Waals surface area contributed by atoms with Crippen LogP contribution in [-0.2, 0) is 9.84 Å². The summed E-state index contributed by atoms with van der Waals surface area (Å²) in [5, 5.41) is 0. The molecule has 1 aromatic rings. The maximum Gasteiger partial charge on any atom is 0.203 e. The molecule has 0 aliphatic heterocycles. The van der Waals surface area contributed by atoms with E-state index in [1.807, 2.05) is 44.2 Å². The van der Waals surface area contributed by atoms with Gasteiger partial charge in [-0.15, -0.1) is 0 Å². The fourth-order valence-electron chi connectivity index (χ4n) is 1.78. The highest BCUT2D eigenvalue weighted by Gasteiger charge is 2.19. The maximum atomic E-state index is 12.4. The van der Waals surface area contributed by atoms with E-state index in [9.17, 15) is 8.42 Å². The predicted octanol–water partition coefficient (Wildman–Crippen LogP) is 3.56. The van der Waals surface area contributed by atoms with Gasteiger partial charge in [-0.25, -0.2) is 8.42 Å². The average Bonchev–Trinajstić information content (AvgIpc) is 2.55. The number of allylic oxidation sites excluding steroid dienone is 6. The molecule has 0 N–H and O–H groups in total. The summed E-state index contributed by atoms with van der Waals surface area (Å²) < 4.78 is 24.9. The lowest BCUT2D eigenvalue weighted by molar-refractivity contribution is 0.601. The van der Waals surface area contributed by atoms with Crippen molar-refractivity contribution < 1.29 is 8.42 Å². The van der Waals surface area contributed by atoms with E-state index in [1.54, 1.807) is 18.2 Å². The molecular formula is C15H16O2S. The molecule has 1 aliphatic carbocycles. The SMILES string of the molecule is CC1=CC=C(S(=O)(=O)c2ccc(C)cc2)CC=C1. The van der Waals surface area contributed by atoms with Crippen molar-refractivity contribution in [3.05, 3.63) is 64.6 Å². The van der Waals surface area contributed by atoms with Crippen LogP contribution in [0.2, 0.25) is 0 Å². The van der Waals surface area contributed by atoms with E-state index < -0.39 is 9.84 Å². The summed E-state index contributed by atoms with van der Waals surface area (Å²) in [6.07, 6.45) is 7.81. The second kappa shape index (κ2) is 4.94. The molecule has 3 heteroatoms.